The zero-order valence-corrected chi connectivity index (χ0v) is 21.1. The second kappa shape index (κ2) is 11.6. The molecule has 0 spiro atoms. The summed E-state index contributed by atoms with van der Waals surface area (Å²) in [5.41, 5.74) is 5.28. The van der Waals surface area contributed by atoms with Crippen LogP contribution in [0.2, 0.25) is 0 Å². The molecule has 36 heavy (non-hydrogen) atoms. The molecule has 1 N–H and O–H groups in total. The second-order valence-corrected chi connectivity index (χ2v) is 9.06. The maximum atomic E-state index is 15.1. The van der Waals surface area contributed by atoms with E-state index in [1.54, 1.807) is 24.1 Å². The Morgan fingerprint density at radius 2 is 2.11 bits per heavy atom. The van der Waals surface area contributed by atoms with Crippen LogP contribution in [-0.2, 0) is 20.7 Å². The third-order valence-electron chi connectivity index (χ3n) is 6.26. The van der Waals surface area contributed by atoms with Gasteiger partial charge in [0, 0.05) is 38.9 Å². The summed E-state index contributed by atoms with van der Waals surface area (Å²) in [6.45, 7) is 3.92. The SMILES string of the molecule is COC(=S)CC[C@H]1CN(c2ccc(N3CCNN(C(=O)CCc4nonc4C)CC3)c(F)c2)C(=O)O1. The fraction of sp³-hybridized carbons (Fsp3) is 0.522. The molecule has 13 heteroatoms. The minimum Gasteiger partial charge on any atom is -0.490 e. The topological polar surface area (TPSA) is 113 Å². The highest BCUT2D eigenvalue weighted by molar-refractivity contribution is 7.80. The molecule has 0 radical (unpaired) electrons. The molecule has 2 amide bonds. The largest absolute Gasteiger partial charge is 0.490 e. The summed E-state index contributed by atoms with van der Waals surface area (Å²) < 4.78 is 30.2. The number of ether oxygens (including phenoxy) is 2. The number of benzene rings is 1. The molecule has 11 nitrogen and oxygen atoms in total. The summed E-state index contributed by atoms with van der Waals surface area (Å²) in [6.07, 6.45) is 0.893. The maximum Gasteiger partial charge on any atom is 0.414 e. The molecule has 3 heterocycles. The predicted molar refractivity (Wildman–Crippen MR) is 132 cm³/mol. The first-order chi connectivity index (χ1) is 17.4. The minimum atomic E-state index is -0.514. The Kier molecular flexibility index (Phi) is 8.31. The molecule has 0 saturated carbocycles. The van der Waals surface area contributed by atoms with E-state index >= 15 is 4.39 Å². The van der Waals surface area contributed by atoms with Crippen LogP contribution >= 0.6 is 12.2 Å². The lowest BCUT2D eigenvalue weighted by molar-refractivity contribution is -0.133. The molecule has 194 valence electrons. The van der Waals surface area contributed by atoms with Gasteiger partial charge in [0.1, 0.15) is 23.3 Å². The Morgan fingerprint density at radius 3 is 2.83 bits per heavy atom. The van der Waals surface area contributed by atoms with Gasteiger partial charge in [0.25, 0.3) is 0 Å². The van der Waals surface area contributed by atoms with Crippen molar-refractivity contribution in [1.82, 2.24) is 20.7 Å². The highest BCUT2D eigenvalue weighted by atomic mass is 32.1. The first kappa shape index (κ1) is 25.8. The summed E-state index contributed by atoms with van der Waals surface area (Å²) in [6, 6.07) is 4.70. The van der Waals surface area contributed by atoms with E-state index in [1.807, 2.05) is 4.90 Å². The van der Waals surface area contributed by atoms with Crippen molar-refractivity contribution in [1.29, 1.82) is 0 Å². The molecular weight excluding hydrogens is 491 g/mol. The first-order valence-corrected chi connectivity index (χ1v) is 12.2. The summed E-state index contributed by atoms with van der Waals surface area (Å²) in [5, 5.41) is 9.54. The van der Waals surface area contributed by atoms with Gasteiger partial charge in [-0.05, 0) is 43.8 Å². The summed E-state index contributed by atoms with van der Waals surface area (Å²) in [5.74, 6) is -0.526. The summed E-state index contributed by atoms with van der Waals surface area (Å²) in [7, 11) is 1.51. The molecule has 2 fully saturated rings. The van der Waals surface area contributed by atoms with Gasteiger partial charge in [0.15, 0.2) is 5.05 Å². The molecule has 1 atom stereocenters. The fourth-order valence-electron chi connectivity index (χ4n) is 4.21. The lowest BCUT2D eigenvalue weighted by Crippen LogP contribution is -2.43. The van der Waals surface area contributed by atoms with Gasteiger partial charge in [-0.1, -0.05) is 10.3 Å². The Labute approximate surface area is 213 Å². The number of nitrogens with one attached hydrogen (secondary N) is 1. The monoisotopic (exact) mass is 520 g/mol. The van der Waals surface area contributed by atoms with E-state index in [2.05, 4.69) is 20.4 Å². The normalized spacial score (nSPS) is 18.2. The first-order valence-electron chi connectivity index (χ1n) is 11.8. The number of hydrogen-bond acceptors (Lipinski definition) is 10. The van der Waals surface area contributed by atoms with Crippen LogP contribution in [0.5, 0.6) is 0 Å². The minimum absolute atomic E-state index is 0.0802. The highest BCUT2D eigenvalue weighted by Crippen LogP contribution is 2.29. The van der Waals surface area contributed by atoms with Crippen LogP contribution in [0.4, 0.5) is 20.6 Å². The number of methoxy groups -OCH3 is 1. The van der Waals surface area contributed by atoms with E-state index in [0.29, 0.717) is 79.8 Å². The van der Waals surface area contributed by atoms with E-state index in [9.17, 15) is 9.59 Å². The average molecular weight is 521 g/mol. The Bertz CT molecular complexity index is 1110. The number of aryl methyl sites for hydroxylation is 2. The summed E-state index contributed by atoms with van der Waals surface area (Å²) in [4.78, 5) is 28.3. The van der Waals surface area contributed by atoms with Crippen LogP contribution in [0.25, 0.3) is 0 Å². The number of amides is 2. The van der Waals surface area contributed by atoms with Gasteiger partial charge < -0.3 is 14.4 Å². The molecule has 2 saturated heterocycles. The third-order valence-corrected chi connectivity index (χ3v) is 6.63. The quantitative estimate of drug-likeness (QED) is 0.521. The highest BCUT2D eigenvalue weighted by Gasteiger charge is 2.33. The van der Waals surface area contributed by atoms with Crippen LogP contribution in [0.3, 0.4) is 0 Å². The van der Waals surface area contributed by atoms with Gasteiger partial charge in [-0.2, -0.15) is 0 Å². The number of hydrazine groups is 1. The summed E-state index contributed by atoms with van der Waals surface area (Å²) >= 11 is 5.04. The molecule has 0 bridgehead atoms. The van der Waals surface area contributed by atoms with Crippen LogP contribution < -0.4 is 15.2 Å². The lowest BCUT2D eigenvalue weighted by atomic mass is 10.2. The molecule has 2 aliphatic rings. The fourth-order valence-corrected chi connectivity index (χ4v) is 4.32. The second-order valence-electron chi connectivity index (χ2n) is 8.60. The number of halogens is 1. The number of nitrogens with zero attached hydrogens (tertiary/aromatic N) is 5. The van der Waals surface area contributed by atoms with Crippen molar-refractivity contribution in [2.24, 2.45) is 0 Å². The maximum absolute atomic E-state index is 15.1. The number of thiocarbonyl (C=S) groups is 1. The number of carbonyl (C=O) groups is 2. The zero-order valence-electron chi connectivity index (χ0n) is 20.2. The molecule has 4 rings (SSSR count). The Balaban J connectivity index is 1.33. The Hall–Kier alpha value is -3.32. The van der Waals surface area contributed by atoms with Crippen molar-refractivity contribution in [3.05, 3.63) is 35.4 Å². The van der Waals surface area contributed by atoms with E-state index in [4.69, 9.17) is 21.7 Å². The van der Waals surface area contributed by atoms with Crippen molar-refractivity contribution in [2.45, 2.75) is 38.7 Å². The molecular formula is C23H29FN6O5S. The Morgan fingerprint density at radius 1 is 1.28 bits per heavy atom. The van der Waals surface area contributed by atoms with Crippen molar-refractivity contribution < 1.29 is 28.1 Å². The van der Waals surface area contributed by atoms with E-state index in [-0.39, 0.29) is 18.4 Å². The van der Waals surface area contributed by atoms with Crippen molar-refractivity contribution in [3.8, 4) is 0 Å². The van der Waals surface area contributed by atoms with Crippen molar-refractivity contribution >= 4 is 40.6 Å². The van der Waals surface area contributed by atoms with Gasteiger partial charge in [-0.15, -0.1) is 0 Å². The van der Waals surface area contributed by atoms with Crippen molar-refractivity contribution in [3.63, 3.8) is 0 Å². The van der Waals surface area contributed by atoms with Gasteiger partial charge >= 0.3 is 6.09 Å². The number of carbonyl (C=O) groups excluding carboxylic acids is 2. The van der Waals surface area contributed by atoms with Gasteiger partial charge in [-0.3, -0.25) is 14.7 Å². The molecule has 0 unspecified atom stereocenters. The van der Waals surface area contributed by atoms with E-state index < -0.39 is 11.9 Å². The van der Waals surface area contributed by atoms with Gasteiger partial charge in [0.2, 0.25) is 5.91 Å². The van der Waals surface area contributed by atoms with Gasteiger partial charge in [-0.25, -0.2) is 19.2 Å². The van der Waals surface area contributed by atoms with E-state index in [0.717, 1.165) is 0 Å². The van der Waals surface area contributed by atoms with Crippen molar-refractivity contribution in [2.75, 3.05) is 49.6 Å². The number of hydrogen-bond donors (Lipinski definition) is 1. The van der Waals surface area contributed by atoms with Gasteiger partial charge in [0.05, 0.1) is 31.6 Å². The predicted octanol–water partition coefficient (Wildman–Crippen LogP) is 2.38. The smallest absolute Gasteiger partial charge is 0.414 e. The molecule has 2 aliphatic heterocycles. The average Bonchev–Trinajstić information content (AvgIpc) is 3.36. The molecule has 0 aliphatic carbocycles. The molecule has 1 aromatic carbocycles. The van der Waals surface area contributed by atoms with Crippen LogP contribution in [-0.4, -0.2) is 78.3 Å². The number of anilines is 2. The van der Waals surface area contributed by atoms with Crippen LogP contribution in [0, 0.1) is 12.7 Å². The lowest BCUT2D eigenvalue weighted by Gasteiger charge is -2.24. The zero-order chi connectivity index (χ0) is 25.7. The standard InChI is InChI=1S/C23H29FN6O5S/c1-15-19(27-35-26-15)5-7-21(31)30-12-11-28(10-9-25-30)20-6-3-16(13-18(20)24)29-14-17(34-23(29)32)4-8-22(36)33-2/h3,6,13,17,25H,4-5,7-12,14H2,1-2H3/t17-/m0/s1. The molecule has 2 aromatic rings. The van der Waals surface area contributed by atoms with Crippen LogP contribution in [0.15, 0.2) is 22.8 Å². The van der Waals surface area contributed by atoms with Crippen LogP contribution in [0.1, 0.15) is 30.7 Å². The number of rotatable bonds is 8. The third kappa shape index (κ3) is 6.08. The number of cyclic esters (lactones) is 1. The molecule has 1 aromatic heterocycles. The number of aromatic nitrogens is 2. The van der Waals surface area contributed by atoms with E-state index in [1.165, 1.54) is 18.1 Å².